The van der Waals surface area contributed by atoms with Crippen LogP contribution in [0.1, 0.15) is 22.4 Å². The summed E-state index contributed by atoms with van der Waals surface area (Å²) in [6.45, 7) is 1.88. The van der Waals surface area contributed by atoms with Crippen LogP contribution in [-0.2, 0) is 6.42 Å². The fraction of sp³-hybridized carbons (Fsp3) is 0.118. The molecule has 2 heterocycles. The van der Waals surface area contributed by atoms with Crippen molar-refractivity contribution >= 4 is 23.8 Å². The highest BCUT2D eigenvalue weighted by Gasteiger charge is 2.00. The van der Waals surface area contributed by atoms with Crippen molar-refractivity contribution < 1.29 is 0 Å². The highest BCUT2D eigenvalue weighted by molar-refractivity contribution is 6.29. The molecule has 0 amide bonds. The Hall–Kier alpha value is -2.66. The molecule has 116 valence electrons. The van der Waals surface area contributed by atoms with Crippen LogP contribution in [0.4, 0.5) is 5.95 Å². The molecule has 5 nitrogen and oxygen atoms in total. The van der Waals surface area contributed by atoms with Gasteiger partial charge in [0.2, 0.25) is 5.95 Å². The molecule has 0 bridgehead atoms. The van der Waals surface area contributed by atoms with E-state index in [-0.39, 0.29) is 0 Å². The topological polar surface area (TPSA) is 69.1 Å². The predicted molar refractivity (Wildman–Crippen MR) is 92.9 cm³/mol. The summed E-state index contributed by atoms with van der Waals surface area (Å²) < 4.78 is 1.56. The Bertz CT molecular complexity index is 819. The van der Waals surface area contributed by atoms with Crippen LogP contribution in [0, 0.1) is 6.92 Å². The number of anilines is 1. The van der Waals surface area contributed by atoms with E-state index in [9.17, 15) is 0 Å². The van der Waals surface area contributed by atoms with Gasteiger partial charge in [-0.1, -0.05) is 41.9 Å². The number of pyridine rings is 1. The van der Waals surface area contributed by atoms with Gasteiger partial charge in [-0.05, 0) is 36.1 Å². The molecule has 0 radical (unpaired) electrons. The van der Waals surface area contributed by atoms with Crippen molar-refractivity contribution in [1.29, 1.82) is 0 Å². The molecule has 23 heavy (non-hydrogen) atoms. The molecule has 6 heteroatoms. The van der Waals surface area contributed by atoms with Crippen molar-refractivity contribution in [2.24, 2.45) is 5.10 Å². The molecule has 0 saturated heterocycles. The van der Waals surface area contributed by atoms with E-state index in [1.165, 1.54) is 5.56 Å². The van der Waals surface area contributed by atoms with Gasteiger partial charge in [0.15, 0.2) is 0 Å². The zero-order chi connectivity index (χ0) is 16.2. The largest absolute Gasteiger partial charge is 0.368 e. The minimum atomic E-state index is 0.380. The van der Waals surface area contributed by atoms with Crippen LogP contribution in [0.15, 0.2) is 53.9 Å². The molecule has 0 spiro atoms. The van der Waals surface area contributed by atoms with Crippen LogP contribution in [-0.4, -0.2) is 20.9 Å². The van der Waals surface area contributed by atoms with Gasteiger partial charge in [-0.15, -0.1) is 0 Å². The Morgan fingerprint density at radius 3 is 2.52 bits per heavy atom. The Balaban J connectivity index is 1.69. The summed E-state index contributed by atoms with van der Waals surface area (Å²) >= 11 is 5.79. The number of aromatic nitrogens is 3. The molecule has 0 aliphatic heterocycles. The summed E-state index contributed by atoms with van der Waals surface area (Å²) in [7, 11) is 0. The molecule has 3 aromatic rings. The Morgan fingerprint density at radius 1 is 1.17 bits per heavy atom. The second-order valence-corrected chi connectivity index (χ2v) is 5.62. The van der Waals surface area contributed by atoms with Crippen molar-refractivity contribution in [3.05, 3.63) is 76.3 Å². The third-order valence-electron chi connectivity index (χ3n) is 3.34. The van der Waals surface area contributed by atoms with Crippen LogP contribution in [0.25, 0.3) is 0 Å². The van der Waals surface area contributed by atoms with E-state index in [1.807, 2.05) is 25.1 Å². The lowest BCUT2D eigenvalue weighted by molar-refractivity contribution is 0.897. The van der Waals surface area contributed by atoms with Crippen LogP contribution in [0.3, 0.4) is 0 Å². The van der Waals surface area contributed by atoms with Crippen molar-refractivity contribution in [1.82, 2.24) is 14.6 Å². The van der Waals surface area contributed by atoms with E-state index in [0.29, 0.717) is 11.1 Å². The lowest BCUT2D eigenvalue weighted by atomic mass is 10.1. The first-order chi connectivity index (χ1) is 11.1. The number of hydrogen-bond acceptors (Lipinski definition) is 4. The standard InChI is InChI=1S/C17H16ClN5/c1-12-11-23(17(19)22-12)21-10-14-4-2-13(3-5-14)8-15-6-7-16(18)20-9-15/h2-7,9-11H,8H2,1H3,(H2,19,22). The fourth-order valence-corrected chi connectivity index (χ4v) is 2.31. The van der Waals surface area contributed by atoms with Gasteiger partial charge in [0.25, 0.3) is 0 Å². The number of rotatable bonds is 4. The molecule has 0 aliphatic carbocycles. The van der Waals surface area contributed by atoms with E-state index < -0.39 is 0 Å². The normalized spacial score (nSPS) is 11.2. The summed E-state index contributed by atoms with van der Waals surface area (Å²) in [5, 5.41) is 4.81. The highest BCUT2D eigenvalue weighted by Crippen LogP contribution is 2.12. The number of nitrogens with zero attached hydrogens (tertiary/aromatic N) is 4. The SMILES string of the molecule is Cc1cn(N=Cc2ccc(Cc3ccc(Cl)nc3)cc2)c(N)n1. The third kappa shape index (κ3) is 3.96. The Labute approximate surface area is 139 Å². The van der Waals surface area contributed by atoms with Crippen LogP contribution in [0.5, 0.6) is 0 Å². The van der Waals surface area contributed by atoms with Gasteiger partial charge in [0, 0.05) is 6.20 Å². The second-order valence-electron chi connectivity index (χ2n) is 5.24. The maximum atomic E-state index is 5.79. The van der Waals surface area contributed by atoms with E-state index in [1.54, 1.807) is 29.4 Å². The first-order valence-corrected chi connectivity index (χ1v) is 7.53. The molecule has 2 aromatic heterocycles. The molecule has 0 unspecified atom stereocenters. The molecule has 0 atom stereocenters. The molecule has 0 fully saturated rings. The molecule has 0 saturated carbocycles. The van der Waals surface area contributed by atoms with E-state index >= 15 is 0 Å². The molecular weight excluding hydrogens is 310 g/mol. The average molecular weight is 326 g/mol. The van der Waals surface area contributed by atoms with E-state index in [2.05, 4.69) is 27.2 Å². The average Bonchev–Trinajstić information content (AvgIpc) is 2.87. The Morgan fingerprint density at radius 2 is 1.91 bits per heavy atom. The van der Waals surface area contributed by atoms with Gasteiger partial charge < -0.3 is 5.73 Å². The van der Waals surface area contributed by atoms with Crippen molar-refractivity contribution in [3.8, 4) is 0 Å². The van der Waals surface area contributed by atoms with Gasteiger partial charge in [-0.2, -0.15) is 5.10 Å². The van der Waals surface area contributed by atoms with Crippen molar-refractivity contribution in [3.63, 3.8) is 0 Å². The molecule has 0 aliphatic rings. The number of halogens is 1. The van der Waals surface area contributed by atoms with Crippen molar-refractivity contribution in [2.75, 3.05) is 5.73 Å². The van der Waals surface area contributed by atoms with Crippen LogP contribution in [0.2, 0.25) is 5.15 Å². The lowest BCUT2D eigenvalue weighted by Crippen LogP contribution is -1.97. The zero-order valence-electron chi connectivity index (χ0n) is 12.6. The first kappa shape index (κ1) is 15.2. The minimum absolute atomic E-state index is 0.380. The van der Waals surface area contributed by atoms with E-state index in [0.717, 1.165) is 23.2 Å². The number of benzene rings is 1. The van der Waals surface area contributed by atoms with Gasteiger partial charge in [-0.3, -0.25) is 0 Å². The van der Waals surface area contributed by atoms with E-state index in [4.69, 9.17) is 17.3 Å². The summed E-state index contributed by atoms with van der Waals surface area (Å²) in [5.41, 5.74) is 9.90. The van der Waals surface area contributed by atoms with Gasteiger partial charge >= 0.3 is 0 Å². The summed E-state index contributed by atoms with van der Waals surface area (Å²) in [4.78, 5) is 8.19. The van der Waals surface area contributed by atoms with Gasteiger partial charge in [-0.25, -0.2) is 14.6 Å². The number of nitrogen functional groups attached to an aromatic ring is 1. The Kier molecular flexibility index (Phi) is 4.39. The predicted octanol–water partition coefficient (Wildman–Crippen LogP) is 3.30. The quantitative estimate of drug-likeness (QED) is 0.591. The summed E-state index contributed by atoms with van der Waals surface area (Å²) in [6.07, 6.45) is 6.15. The lowest BCUT2D eigenvalue weighted by Gasteiger charge is -2.02. The van der Waals surface area contributed by atoms with Gasteiger partial charge in [0.05, 0.1) is 18.1 Å². The third-order valence-corrected chi connectivity index (χ3v) is 3.57. The monoisotopic (exact) mass is 325 g/mol. The summed E-state index contributed by atoms with van der Waals surface area (Å²) in [5.74, 6) is 0.380. The fourth-order valence-electron chi connectivity index (χ4n) is 2.19. The number of nitrogens with two attached hydrogens (primary N) is 1. The molecule has 2 N–H and O–H groups in total. The highest BCUT2D eigenvalue weighted by atomic mass is 35.5. The maximum absolute atomic E-state index is 5.79. The van der Waals surface area contributed by atoms with Crippen molar-refractivity contribution in [2.45, 2.75) is 13.3 Å². The number of imidazole rings is 1. The van der Waals surface area contributed by atoms with Gasteiger partial charge in [0.1, 0.15) is 5.15 Å². The smallest absolute Gasteiger partial charge is 0.221 e. The second kappa shape index (κ2) is 6.62. The number of hydrogen-bond donors (Lipinski definition) is 1. The first-order valence-electron chi connectivity index (χ1n) is 7.15. The number of aryl methyl sites for hydroxylation is 1. The summed E-state index contributed by atoms with van der Waals surface area (Å²) in [6, 6.07) is 11.9. The zero-order valence-corrected chi connectivity index (χ0v) is 13.4. The maximum Gasteiger partial charge on any atom is 0.221 e. The molecule has 3 rings (SSSR count). The van der Waals surface area contributed by atoms with Crippen LogP contribution < -0.4 is 5.73 Å². The molecule has 1 aromatic carbocycles. The molecular formula is C17H16ClN5. The minimum Gasteiger partial charge on any atom is -0.368 e. The van der Waals surface area contributed by atoms with Crippen LogP contribution >= 0.6 is 11.6 Å².